The van der Waals surface area contributed by atoms with Crippen LogP contribution in [0.5, 0.6) is 0 Å². The highest BCUT2D eigenvalue weighted by Gasteiger charge is 2.14. The van der Waals surface area contributed by atoms with Gasteiger partial charge < -0.3 is 4.98 Å². The molecule has 0 saturated heterocycles. The predicted molar refractivity (Wildman–Crippen MR) is 109 cm³/mol. The molecule has 3 rings (SSSR count). The second-order valence-corrected chi connectivity index (χ2v) is 8.58. The molecule has 142 valence electrons. The average molecular weight is 385 g/mol. The van der Waals surface area contributed by atoms with E-state index >= 15 is 0 Å². The van der Waals surface area contributed by atoms with Gasteiger partial charge in [-0.1, -0.05) is 25.1 Å². The number of aryl methyl sites for hydroxylation is 3. The van der Waals surface area contributed by atoms with Crippen LogP contribution in [0, 0.1) is 13.8 Å². The Hall–Kier alpha value is -2.44. The maximum atomic E-state index is 12.4. The van der Waals surface area contributed by atoms with Crippen molar-refractivity contribution >= 4 is 20.9 Å². The summed E-state index contributed by atoms with van der Waals surface area (Å²) < 4.78 is 27.4. The highest BCUT2D eigenvalue weighted by atomic mass is 32.2. The lowest BCUT2D eigenvalue weighted by Crippen LogP contribution is -2.27. The second kappa shape index (κ2) is 7.66. The van der Waals surface area contributed by atoms with Crippen LogP contribution in [0.1, 0.15) is 29.2 Å². The van der Waals surface area contributed by atoms with Crippen molar-refractivity contribution < 1.29 is 8.42 Å². The standard InChI is InChI=1S/C21H24N2O3S/c1-4-16-5-7-18(8-6-16)27(25,26)22-10-9-17-13-19-15(3)11-14(2)12-20(19)23-21(17)24/h5-8,11-13,22H,4,9-10H2,1-3H3,(H,23,24). The third-order valence-electron chi connectivity index (χ3n) is 4.72. The molecular weight excluding hydrogens is 360 g/mol. The van der Waals surface area contributed by atoms with Crippen LogP contribution in [0.2, 0.25) is 0 Å². The number of hydrogen-bond donors (Lipinski definition) is 2. The summed E-state index contributed by atoms with van der Waals surface area (Å²) in [6.07, 6.45) is 1.18. The largest absolute Gasteiger partial charge is 0.322 e. The van der Waals surface area contributed by atoms with Crippen LogP contribution in [0.15, 0.2) is 52.2 Å². The molecule has 2 aromatic carbocycles. The molecule has 0 radical (unpaired) electrons. The third kappa shape index (κ3) is 4.28. The summed E-state index contributed by atoms with van der Waals surface area (Å²) in [4.78, 5) is 15.5. The average Bonchev–Trinajstić information content (AvgIpc) is 2.62. The van der Waals surface area contributed by atoms with Crippen molar-refractivity contribution in [3.05, 3.63) is 75.1 Å². The Kier molecular flexibility index (Phi) is 5.48. The molecule has 0 fully saturated rings. The molecule has 2 N–H and O–H groups in total. The fourth-order valence-electron chi connectivity index (χ4n) is 3.21. The Labute approximate surface area is 159 Å². The predicted octanol–water partition coefficient (Wildman–Crippen LogP) is 3.23. The fraction of sp³-hybridized carbons (Fsp3) is 0.286. The third-order valence-corrected chi connectivity index (χ3v) is 6.19. The van der Waals surface area contributed by atoms with Gasteiger partial charge in [-0.2, -0.15) is 0 Å². The number of aromatic amines is 1. The van der Waals surface area contributed by atoms with Gasteiger partial charge in [-0.3, -0.25) is 4.79 Å². The number of H-pyrrole nitrogens is 1. The van der Waals surface area contributed by atoms with Gasteiger partial charge in [0.25, 0.3) is 5.56 Å². The molecule has 0 saturated carbocycles. The number of pyridine rings is 1. The van der Waals surface area contributed by atoms with E-state index in [9.17, 15) is 13.2 Å². The Morgan fingerprint density at radius 3 is 2.41 bits per heavy atom. The molecule has 0 aliphatic heterocycles. The minimum absolute atomic E-state index is 0.164. The minimum atomic E-state index is -3.59. The molecule has 1 aromatic heterocycles. The highest BCUT2D eigenvalue weighted by molar-refractivity contribution is 7.89. The van der Waals surface area contributed by atoms with E-state index in [1.165, 1.54) is 0 Å². The van der Waals surface area contributed by atoms with Crippen LogP contribution in [-0.2, 0) is 22.9 Å². The topological polar surface area (TPSA) is 79.0 Å². The zero-order valence-electron chi connectivity index (χ0n) is 15.8. The number of nitrogens with one attached hydrogen (secondary N) is 2. The van der Waals surface area contributed by atoms with E-state index in [2.05, 4.69) is 15.8 Å². The molecule has 6 heteroatoms. The van der Waals surface area contributed by atoms with Crippen molar-refractivity contribution in [2.45, 2.75) is 38.5 Å². The fourth-order valence-corrected chi connectivity index (χ4v) is 4.24. The molecule has 0 spiro atoms. The van der Waals surface area contributed by atoms with Crippen LogP contribution in [-0.4, -0.2) is 19.9 Å². The molecule has 5 nitrogen and oxygen atoms in total. The van der Waals surface area contributed by atoms with Crippen molar-refractivity contribution in [1.82, 2.24) is 9.71 Å². The van der Waals surface area contributed by atoms with Crippen molar-refractivity contribution in [3.8, 4) is 0 Å². The van der Waals surface area contributed by atoms with Gasteiger partial charge in [0.2, 0.25) is 10.0 Å². The van der Waals surface area contributed by atoms with E-state index in [0.717, 1.165) is 34.0 Å². The lowest BCUT2D eigenvalue weighted by Gasteiger charge is -2.09. The smallest absolute Gasteiger partial charge is 0.251 e. The normalized spacial score (nSPS) is 11.8. The van der Waals surface area contributed by atoms with Crippen LogP contribution in [0.4, 0.5) is 0 Å². The molecule has 3 aromatic rings. The SMILES string of the molecule is CCc1ccc(S(=O)(=O)NCCc2cc3c(C)cc(C)cc3[nH]c2=O)cc1. The molecule has 0 atom stereocenters. The van der Waals surface area contributed by atoms with Gasteiger partial charge in [0.05, 0.1) is 4.90 Å². The van der Waals surface area contributed by atoms with E-state index < -0.39 is 10.0 Å². The zero-order chi connectivity index (χ0) is 19.6. The van der Waals surface area contributed by atoms with E-state index in [1.54, 1.807) is 12.1 Å². The first-order chi connectivity index (χ1) is 12.8. The first kappa shape index (κ1) is 19.3. The molecule has 0 bridgehead atoms. The van der Waals surface area contributed by atoms with Gasteiger partial charge in [-0.05, 0) is 67.6 Å². The van der Waals surface area contributed by atoms with Crippen molar-refractivity contribution in [2.24, 2.45) is 0 Å². The Bertz CT molecular complexity index is 1130. The number of fused-ring (bicyclic) bond motifs is 1. The van der Waals surface area contributed by atoms with Gasteiger partial charge in [0, 0.05) is 23.0 Å². The molecule has 27 heavy (non-hydrogen) atoms. The van der Waals surface area contributed by atoms with Crippen molar-refractivity contribution in [2.75, 3.05) is 6.54 Å². The summed E-state index contributed by atoms with van der Waals surface area (Å²) in [6, 6.07) is 12.7. The van der Waals surface area contributed by atoms with E-state index in [0.29, 0.717) is 12.0 Å². The van der Waals surface area contributed by atoms with Gasteiger partial charge in [-0.25, -0.2) is 13.1 Å². The lowest BCUT2D eigenvalue weighted by molar-refractivity contribution is 0.581. The summed E-state index contributed by atoms with van der Waals surface area (Å²) >= 11 is 0. The van der Waals surface area contributed by atoms with E-state index in [-0.39, 0.29) is 17.0 Å². The summed E-state index contributed by atoms with van der Waals surface area (Å²) in [5.74, 6) is 0. The number of aromatic nitrogens is 1. The maximum Gasteiger partial charge on any atom is 0.251 e. The molecule has 0 amide bonds. The first-order valence-corrected chi connectivity index (χ1v) is 10.5. The number of sulfonamides is 1. The molecule has 0 aliphatic carbocycles. The highest BCUT2D eigenvalue weighted by Crippen LogP contribution is 2.18. The molecule has 0 aliphatic rings. The molecule has 0 unspecified atom stereocenters. The van der Waals surface area contributed by atoms with Crippen LogP contribution in [0.3, 0.4) is 0 Å². The first-order valence-electron chi connectivity index (χ1n) is 9.02. The summed E-state index contributed by atoms with van der Waals surface area (Å²) in [6.45, 7) is 6.17. The second-order valence-electron chi connectivity index (χ2n) is 6.81. The number of benzene rings is 2. The summed E-state index contributed by atoms with van der Waals surface area (Å²) in [5, 5.41) is 0.980. The van der Waals surface area contributed by atoms with Gasteiger partial charge in [0.15, 0.2) is 0 Å². The van der Waals surface area contributed by atoms with E-state index in [1.807, 2.05) is 45.0 Å². The van der Waals surface area contributed by atoms with Gasteiger partial charge in [-0.15, -0.1) is 0 Å². The molecule has 1 heterocycles. The number of hydrogen-bond acceptors (Lipinski definition) is 3. The van der Waals surface area contributed by atoms with Gasteiger partial charge >= 0.3 is 0 Å². The summed E-state index contributed by atoms with van der Waals surface area (Å²) in [5.41, 5.74) is 4.45. The maximum absolute atomic E-state index is 12.4. The lowest BCUT2D eigenvalue weighted by atomic mass is 10.0. The van der Waals surface area contributed by atoms with E-state index in [4.69, 9.17) is 0 Å². The Morgan fingerprint density at radius 2 is 1.74 bits per heavy atom. The zero-order valence-corrected chi connectivity index (χ0v) is 16.6. The number of rotatable bonds is 6. The van der Waals surface area contributed by atoms with Crippen LogP contribution in [0.25, 0.3) is 10.9 Å². The van der Waals surface area contributed by atoms with Crippen molar-refractivity contribution in [1.29, 1.82) is 0 Å². The summed E-state index contributed by atoms with van der Waals surface area (Å²) in [7, 11) is -3.59. The van der Waals surface area contributed by atoms with Crippen LogP contribution >= 0.6 is 0 Å². The van der Waals surface area contributed by atoms with Crippen molar-refractivity contribution in [3.63, 3.8) is 0 Å². The van der Waals surface area contributed by atoms with Crippen LogP contribution < -0.4 is 10.3 Å². The van der Waals surface area contributed by atoms with Gasteiger partial charge in [0.1, 0.15) is 0 Å². The minimum Gasteiger partial charge on any atom is -0.322 e. The Balaban J connectivity index is 1.76. The Morgan fingerprint density at radius 1 is 1.04 bits per heavy atom. The monoisotopic (exact) mass is 384 g/mol. The quantitative estimate of drug-likeness (QED) is 0.685. The molecular formula is C21H24N2O3S.